The fraction of sp³-hybridized carbons (Fsp3) is 0.423. The Balaban J connectivity index is 1.53. The van der Waals surface area contributed by atoms with Gasteiger partial charge in [0.1, 0.15) is 18.3 Å². The Bertz CT molecular complexity index is 1150. The highest BCUT2D eigenvalue weighted by Crippen LogP contribution is 2.22. The summed E-state index contributed by atoms with van der Waals surface area (Å²) >= 11 is 0. The number of nitrogens with one attached hydrogen (secondary N) is 1. The van der Waals surface area contributed by atoms with Crippen LogP contribution in [-0.2, 0) is 22.7 Å². The molecule has 35 heavy (non-hydrogen) atoms. The van der Waals surface area contributed by atoms with E-state index in [1.165, 1.54) is 4.80 Å². The molecule has 0 bridgehead atoms. The molecule has 2 aromatic carbocycles. The molecular formula is C26H32N6O3. The number of nitrogens with zero attached hydrogens (tertiary/aromatic N) is 5. The van der Waals surface area contributed by atoms with Crippen LogP contribution in [0, 0.1) is 6.92 Å². The molecule has 0 unspecified atom stereocenters. The zero-order chi connectivity index (χ0) is 24.8. The first-order valence-electron chi connectivity index (χ1n) is 12.0. The summed E-state index contributed by atoms with van der Waals surface area (Å²) < 4.78 is 5.47. The first-order valence-corrected chi connectivity index (χ1v) is 12.0. The number of amides is 2. The summed E-state index contributed by atoms with van der Waals surface area (Å²) in [6, 6.07) is 14.8. The summed E-state index contributed by atoms with van der Waals surface area (Å²) in [6.07, 6.45) is 4.18. The molecule has 0 aliphatic heterocycles. The van der Waals surface area contributed by atoms with Crippen molar-refractivity contribution in [1.82, 2.24) is 30.4 Å². The van der Waals surface area contributed by atoms with Crippen LogP contribution in [0.3, 0.4) is 0 Å². The van der Waals surface area contributed by atoms with Gasteiger partial charge in [-0.1, -0.05) is 60.9 Å². The molecule has 1 saturated carbocycles. The summed E-state index contributed by atoms with van der Waals surface area (Å²) in [5, 5.41) is 15.7. The molecule has 1 atom stereocenters. The first kappa shape index (κ1) is 24.4. The Kier molecular flexibility index (Phi) is 7.74. The normalized spacial score (nSPS) is 14.5. The maximum Gasteiger partial charge on any atom is 0.247 e. The number of carbonyl (C=O) groups excluding carboxylic acids is 2. The van der Waals surface area contributed by atoms with E-state index in [9.17, 15) is 9.59 Å². The molecule has 0 saturated heterocycles. The third kappa shape index (κ3) is 6.03. The highest BCUT2D eigenvalue weighted by atomic mass is 16.5. The number of aromatic nitrogens is 4. The summed E-state index contributed by atoms with van der Waals surface area (Å²) in [6.45, 7) is 3.86. The van der Waals surface area contributed by atoms with Crippen LogP contribution in [-0.4, -0.2) is 56.1 Å². The lowest BCUT2D eigenvalue weighted by Gasteiger charge is -2.30. The van der Waals surface area contributed by atoms with E-state index in [2.05, 4.69) is 20.7 Å². The molecule has 184 valence electrons. The topological polar surface area (TPSA) is 102 Å². The Hall–Kier alpha value is -3.75. The number of benzene rings is 2. The quantitative estimate of drug-likeness (QED) is 0.509. The van der Waals surface area contributed by atoms with Gasteiger partial charge in [-0.25, -0.2) is 0 Å². The summed E-state index contributed by atoms with van der Waals surface area (Å²) in [4.78, 5) is 29.4. The fourth-order valence-electron chi connectivity index (χ4n) is 4.33. The fourth-order valence-corrected chi connectivity index (χ4v) is 4.33. The lowest BCUT2D eigenvalue weighted by atomic mass is 10.1. The van der Waals surface area contributed by atoms with Crippen molar-refractivity contribution in [1.29, 1.82) is 0 Å². The predicted octanol–water partition coefficient (Wildman–Crippen LogP) is 3.13. The summed E-state index contributed by atoms with van der Waals surface area (Å²) in [5.74, 6) is 0.667. The van der Waals surface area contributed by atoms with E-state index in [1.54, 1.807) is 18.9 Å². The molecule has 1 aliphatic carbocycles. The number of tetrazole rings is 1. The molecule has 9 nitrogen and oxygen atoms in total. The molecule has 0 radical (unpaired) electrons. The smallest absolute Gasteiger partial charge is 0.247 e. The molecule has 1 fully saturated rings. The maximum atomic E-state index is 13.5. The van der Waals surface area contributed by atoms with Crippen molar-refractivity contribution in [2.24, 2.45) is 0 Å². The highest BCUT2D eigenvalue weighted by molar-refractivity contribution is 5.87. The molecule has 1 N–H and O–H groups in total. The lowest BCUT2D eigenvalue weighted by Crippen LogP contribution is -2.50. The van der Waals surface area contributed by atoms with E-state index < -0.39 is 6.04 Å². The van der Waals surface area contributed by atoms with E-state index in [0.717, 1.165) is 42.4 Å². The van der Waals surface area contributed by atoms with Gasteiger partial charge in [0.2, 0.25) is 17.6 Å². The standard InChI is InChI=1S/C26H32N6O3/c1-18-12-14-20(15-13-18)25-28-30-32(29-25)17-24(33)31(16-21-8-4-7-11-23(21)35-3)19(2)26(34)27-22-9-5-6-10-22/h4,7-8,11-15,19,22H,5-6,9-10,16-17H2,1-3H3,(H,27,34)/t19-/m0/s1. The van der Waals surface area contributed by atoms with Crippen LogP contribution in [0.2, 0.25) is 0 Å². The number of methoxy groups -OCH3 is 1. The number of para-hydroxylation sites is 1. The SMILES string of the molecule is COc1ccccc1CN(C(=O)Cn1nnc(-c2ccc(C)cc2)n1)[C@@H](C)C(=O)NC1CCCC1. The second kappa shape index (κ2) is 11.1. The molecule has 2 amide bonds. The van der Waals surface area contributed by atoms with Crippen molar-refractivity contribution in [3.05, 3.63) is 59.7 Å². The lowest BCUT2D eigenvalue weighted by molar-refractivity contribution is -0.141. The van der Waals surface area contributed by atoms with Crippen molar-refractivity contribution >= 4 is 11.8 Å². The van der Waals surface area contributed by atoms with Gasteiger partial charge in [0.15, 0.2) is 0 Å². The average Bonchev–Trinajstić information content (AvgIpc) is 3.55. The molecule has 0 spiro atoms. The van der Waals surface area contributed by atoms with Crippen LogP contribution in [0.25, 0.3) is 11.4 Å². The Morgan fingerprint density at radius 3 is 2.57 bits per heavy atom. The zero-order valence-electron chi connectivity index (χ0n) is 20.5. The summed E-state index contributed by atoms with van der Waals surface area (Å²) in [5.41, 5.74) is 2.77. The van der Waals surface area contributed by atoms with Gasteiger partial charge in [-0.3, -0.25) is 9.59 Å². The van der Waals surface area contributed by atoms with E-state index in [0.29, 0.717) is 11.6 Å². The number of carbonyl (C=O) groups is 2. The van der Waals surface area contributed by atoms with Crippen LogP contribution in [0.15, 0.2) is 48.5 Å². The van der Waals surface area contributed by atoms with Gasteiger partial charge in [0.25, 0.3) is 0 Å². The molecule has 1 aliphatic rings. The van der Waals surface area contributed by atoms with Gasteiger partial charge >= 0.3 is 0 Å². The second-order valence-corrected chi connectivity index (χ2v) is 9.01. The van der Waals surface area contributed by atoms with Gasteiger partial charge in [-0.2, -0.15) is 4.80 Å². The van der Waals surface area contributed by atoms with Crippen molar-refractivity contribution in [2.75, 3.05) is 7.11 Å². The van der Waals surface area contributed by atoms with Crippen LogP contribution < -0.4 is 10.1 Å². The van der Waals surface area contributed by atoms with E-state index >= 15 is 0 Å². The van der Waals surface area contributed by atoms with Crippen LogP contribution in [0.4, 0.5) is 0 Å². The molecule has 1 heterocycles. The van der Waals surface area contributed by atoms with Crippen molar-refractivity contribution in [3.8, 4) is 17.1 Å². The summed E-state index contributed by atoms with van der Waals surface area (Å²) in [7, 11) is 1.59. The molecule has 4 rings (SSSR count). The third-order valence-electron chi connectivity index (χ3n) is 6.44. The number of hydrogen-bond donors (Lipinski definition) is 1. The van der Waals surface area contributed by atoms with Gasteiger partial charge < -0.3 is 15.0 Å². The minimum atomic E-state index is -0.673. The average molecular weight is 477 g/mol. The third-order valence-corrected chi connectivity index (χ3v) is 6.44. The minimum Gasteiger partial charge on any atom is -0.496 e. The second-order valence-electron chi connectivity index (χ2n) is 9.01. The molecule has 1 aromatic heterocycles. The van der Waals surface area contributed by atoms with E-state index in [4.69, 9.17) is 4.74 Å². The van der Waals surface area contributed by atoms with Crippen molar-refractivity contribution in [3.63, 3.8) is 0 Å². The molecule has 3 aromatic rings. The number of aryl methyl sites for hydroxylation is 1. The number of rotatable bonds is 9. The first-order chi connectivity index (χ1) is 16.9. The Labute approximate surface area is 205 Å². The van der Waals surface area contributed by atoms with Crippen molar-refractivity contribution < 1.29 is 14.3 Å². The Morgan fingerprint density at radius 1 is 1.14 bits per heavy atom. The van der Waals surface area contributed by atoms with Gasteiger partial charge in [0.05, 0.1) is 13.7 Å². The van der Waals surface area contributed by atoms with Crippen LogP contribution in [0.1, 0.15) is 43.7 Å². The van der Waals surface area contributed by atoms with Crippen LogP contribution in [0.5, 0.6) is 5.75 Å². The van der Waals surface area contributed by atoms with Crippen molar-refractivity contribution in [2.45, 2.75) is 64.7 Å². The monoisotopic (exact) mass is 476 g/mol. The zero-order valence-corrected chi connectivity index (χ0v) is 20.5. The maximum absolute atomic E-state index is 13.5. The van der Waals surface area contributed by atoms with Crippen LogP contribution >= 0.6 is 0 Å². The number of ether oxygens (including phenoxy) is 1. The van der Waals surface area contributed by atoms with Gasteiger partial charge in [-0.15, -0.1) is 10.2 Å². The Morgan fingerprint density at radius 2 is 1.86 bits per heavy atom. The number of hydrogen-bond acceptors (Lipinski definition) is 6. The van der Waals surface area contributed by atoms with Gasteiger partial charge in [0, 0.05) is 17.2 Å². The molecular weight excluding hydrogens is 444 g/mol. The predicted molar refractivity (Wildman–Crippen MR) is 131 cm³/mol. The minimum absolute atomic E-state index is 0.130. The van der Waals surface area contributed by atoms with E-state index in [-0.39, 0.29) is 30.9 Å². The highest BCUT2D eigenvalue weighted by Gasteiger charge is 2.29. The van der Waals surface area contributed by atoms with E-state index in [1.807, 2.05) is 55.5 Å². The molecule has 9 heteroatoms. The largest absolute Gasteiger partial charge is 0.496 e. The van der Waals surface area contributed by atoms with Gasteiger partial charge in [-0.05, 0) is 38.0 Å².